The molecule has 0 aliphatic rings. The fraction of sp³-hybridized carbons (Fsp3) is 0.455. The second-order valence-electron chi connectivity index (χ2n) is 10.7. The van der Waals surface area contributed by atoms with Gasteiger partial charge >= 0.3 is 5.97 Å². The van der Waals surface area contributed by atoms with Crippen LogP contribution in [0.4, 0.5) is 5.82 Å². The number of hydrogen-bond acceptors (Lipinski definition) is 3. The number of aliphatic imine (C=N–C) groups is 1. The molecule has 7 N–H and O–H groups in total. The Morgan fingerprint density at radius 1 is 0.878 bits per heavy atom. The van der Waals surface area contributed by atoms with E-state index in [1.54, 1.807) is 6.20 Å². The molecule has 1 aromatic heterocycles. The van der Waals surface area contributed by atoms with E-state index in [0.29, 0.717) is 23.7 Å². The second-order valence-corrected chi connectivity index (χ2v) is 10.7. The molecule has 0 spiro atoms. The number of nitrogens with two attached hydrogens (primary N) is 2. The number of aliphatic hydroxyl groups excluding tert-OH is 1. The third kappa shape index (κ3) is 11.7. The lowest BCUT2D eigenvalue weighted by atomic mass is 9.85. The standard InChI is InChI=1S/C33H46N5O3/c34-33(35)37-24-29(23-32(40)41)30(38-31-15-11-20-36-31)19-18-26(12-7-5-3-1-2-4-6-10-21-39)28-17-16-25-13-8-9-14-27(25)22-28/h8-9,11,13-17,20,22-23,26,30,36,39H,1-7,10,12,18-19,21,24H2,(H,40,41)(H4,34,35,37)/q-1. The Bertz CT molecular complexity index is 1230. The van der Waals surface area contributed by atoms with Gasteiger partial charge in [0.05, 0.1) is 6.54 Å². The summed E-state index contributed by atoms with van der Waals surface area (Å²) in [5.74, 6) is -0.112. The van der Waals surface area contributed by atoms with Crippen molar-refractivity contribution in [2.45, 2.75) is 82.6 Å². The summed E-state index contributed by atoms with van der Waals surface area (Å²) in [6, 6.07) is 18.5. The van der Waals surface area contributed by atoms with Crippen molar-refractivity contribution < 1.29 is 15.0 Å². The lowest BCUT2D eigenvalue weighted by Gasteiger charge is -2.29. The number of aliphatic hydroxyl groups is 1. The zero-order valence-electron chi connectivity index (χ0n) is 24.0. The molecule has 3 aromatic rings. The molecule has 2 aromatic carbocycles. The molecular formula is C33H46N5O3-. The Hall–Kier alpha value is -3.78. The first-order chi connectivity index (χ1) is 20.0. The minimum atomic E-state index is -1.04. The van der Waals surface area contributed by atoms with E-state index in [1.165, 1.54) is 54.5 Å². The van der Waals surface area contributed by atoms with Gasteiger partial charge in [0.1, 0.15) is 0 Å². The van der Waals surface area contributed by atoms with Gasteiger partial charge in [0.15, 0.2) is 5.96 Å². The first-order valence-corrected chi connectivity index (χ1v) is 14.9. The highest BCUT2D eigenvalue weighted by Gasteiger charge is 2.18. The summed E-state index contributed by atoms with van der Waals surface area (Å²) in [6.45, 7) is 0.375. The number of rotatable bonds is 20. The van der Waals surface area contributed by atoms with E-state index in [4.69, 9.17) is 21.9 Å². The lowest BCUT2D eigenvalue weighted by Crippen LogP contribution is -2.24. The average molecular weight is 561 g/mol. The highest BCUT2D eigenvalue weighted by Crippen LogP contribution is 2.34. The van der Waals surface area contributed by atoms with E-state index in [2.05, 4.69) is 52.4 Å². The number of fused-ring (bicyclic) bond motifs is 1. The molecule has 0 aliphatic heterocycles. The topological polar surface area (TPSA) is 152 Å². The van der Waals surface area contributed by atoms with Crippen molar-refractivity contribution >= 4 is 28.5 Å². The van der Waals surface area contributed by atoms with Crippen LogP contribution in [-0.4, -0.2) is 46.3 Å². The number of aromatic amines is 1. The minimum absolute atomic E-state index is 0.0812. The number of nitrogens with one attached hydrogen (secondary N) is 1. The number of nitrogens with zero attached hydrogens (tertiary/aromatic N) is 2. The Morgan fingerprint density at radius 2 is 1.59 bits per heavy atom. The molecule has 222 valence electrons. The van der Waals surface area contributed by atoms with Crippen LogP contribution in [0, 0.1) is 0 Å². The molecular weight excluding hydrogens is 514 g/mol. The van der Waals surface area contributed by atoms with Crippen LogP contribution >= 0.6 is 0 Å². The Morgan fingerprint density at radius 3 is 2.24 bits per heavy atom. The van der Waals surface area contributed by atoms with Crippen LogP contribution in [0.15, 0.2) is 77.4 Å². The third-order valence-corrected chi connectivity index (χ3v) is 7.55. The number of guanidine groups is 1. The van der Waals surface area contributed by atoms with E-state index in [-0.39, 0.29) is 25.2 Å². The second kappa shape index (κ2) is 17.8. The summed E-state index contributed by atoms with van der Waals surface area (Å²) in [5, 5.41) is 25.8. The van der Waals surface area contributed by atoms with Crippen LogP contribution in [0.5, 0.6) is 0 Å². The maximum absolute atomic E-state index is 11.7. The van der Waals surface area contributed by atoms with Gasteiger partial charge in [0.2, 0.25) is 0 Å². The highest BCUT2D eigenvalue weighted by molar-refractivity contribution is 5.83. The molecule has 0 saturated carbocycles. The van der Waals surface area contributed by atoms with Crippen molar-refractivity contribution in [3.05, 3.63) is 83.3 Å². The van der Waals surface area contributed by atoms with Crippen LogP contribution in [0.25, 0.3) is 16.1 Å². The predicted octanol–water partition coefficient (Wildman–Crippen LogP) is 6.89. The van der Waals surface area contributed by atoms with Gasteiger partial charge in [-0.1, -0.05) is 112 Å². The SMILES string of the molecule is NC(N)=NCC(=CC(=O)O)C(CCC(CCCCCCCCCCO)c1ccc2ccccc2c1)[N-]c1ccc[nH]1. The fourth-order valence-electron chi connectivity index (χ4n) is 5.35. The van der Waals surface area contributed by atoms with E-state index >= 15 is 0 Å². The van der Waals surface area contributed by atoms with Crippen LogP contribution in [0.1, 0.15) is 82.1 Å². The number of benzene rings is 2. The summed E-state index contributed by atoms with van der Waals surface area (Å²) in [4.78, 5) is 18.9. The van der Waals surface area contributed by atoms with Gasteiger partial charge in [-0.05, 0) is 59.6 Å². The molecule has 0 saturated heterocycles. The molecule has 0 amide bonds. The Balaban J connectivity index is 1.74. The molecule has 2 unspecified atom stereocenters. The number of aliphatic carboxylic acids is 1. The van der Waals surface area contributed by atoms with Gasteiger partial charge in [0, 0.05) is 12.7 Å². The number of unbranched alkanes of at least 4 members (excludes halogenated alkanes) is 7. The minimum Gasteiger partial charge on any atom is -0.478 e. The Labute approximate surface area is 243 Å². The molecule has 1 heterocycles. The predicted molar refractivity (Wildman–Crippen MR) is 169 cm³/mol. The molecule has 0 aliphatic carbocycles. The van der Waals surface area contributed by atoms with E-state index in [0.717, 1.165) is 32.1 Å². The van der Waals surface area contributed by atoms with E-state index in [9.17, 15) is 9.90 Å². The van der Waals surface area contributed by atoms with Crippen LogP contribution < -0.4 is 11.5 Å². The van der Waals surface area contributed by atoms with Crippen molar-refractivity contribution in [2.75, 3.05) is 13.2 Å². The first-order valence-electron chi connectivity index (χ1n) is 14.9. The van der Waals surface area contributed by atoms with Gasteiger partial charge < -0.3 is 32.0 Å². The maximum Gasteiger partial charge on any atom is 0.328 e. The van der Waals surface area contributed by atoms with Crippen molar-refractivity contribution in [2.24, 2.45) is 16.5 Å². The van der Waals surface area contributed by atoms with Crippen molar-refractivity contribution in [3.8, 4) is 0 Å². The zero-order chi connectivity index (χ0) is 29.3. The summed E-state index contributed by atoms with van der Waals surface area (Å²) in [5.41, 5.74) is 13.0. The number of carboxylic acids is 1. The largest absolute Gasteiger partial charge is 0.478 e. The summed E-state index contributed by atoms with van der Waals surface area (Å²) in [6.07, 6.45) is 14.8. The number of hydrogen-bond donors (Lipinski definition) is 5. The molecule has 3 rings (SSSR count). The first kappa shape index (κ1) is 31.7. The summed E-state index contributed by atoms with van der Waals surface area (Å²) >= 11 is 0. The van der Waals surface area contributed by atoms with Gasteiger partial charge in [0.25, 0.3) is 0 Å². The van der Waals surface area contributed by atoms with Gasteiger partial charge in [-0.25, -0.2) is 9.79 Å². The normalized spacial score (nSPS) is 13.1. The number of carboxylic acid groups (broad SMARTS) is 1. The molecule has 8 nitrogen and oxygen atoms in total. The molecule has 41 heavy (non-hydrogen) atoms. The van der Waals surface area contributed by atoms with Crippen molar-refractivity contribution in [3.63, 3.8) is 0 Å². The fourth-order valence-corrected chi connectivity index (χ4v) is 5.35. The van der Waals surface area contributed by atoms with Gasteiger partial charge in [-0.15, -0.1) is 0 Å². The van der Waals surface area contributed by atoms with Gasteiger partial charge in [-0.3, -0.25) is 0 Å². The molecule has 0 bridgehead atoms. The molecule has 0 fully saturated rings. The molecule has 8 heteroatoms. The van der Waals surface area contributed by atoms with Crippen molar-refractivity contribution in [1.82, 2.24) is 4.98 Å². The highest BCUT2D eigenvalue weighted by atomic mass is 16.4. The van der Waals surface area contributed by atoms with Crippen LogP contribution in [0.2, 0.25) is 0 Å². The van der Waals surface area contributed by atoms with E-state index < -0.39 is 5.97 Å². The molecule has 0 radical (unpaired) electrons. The number of aromatic nitrogens is 1. The quantitative estimate of drug-likeness (QED) is 0.0441. The van der Waals surface area contributed by atoms with E-state index in [1.807, 2.05) is 12.1 Å². The summed E-state index contributed by atoms with van der Waals surface area (Å²) < 4.78 is 0. The molecule has 2 atom stereocenters. The summed E-state index contributed by atoms with van der Waals surface area (Å²) in [7, 11) is 0. The Kier molecular flexibility index (Phi) is 13.8. The van der Waals surface area contributed by atoms with Crippen LogP contribution in [-0.2, 0) is 4.79 Å². The number of H-pyrrole nitrogens is 1. The zero-order valence-corrected chi connectivity index (χ0v) is 24.0. The van der Waals surface area contributed by atoms with Crippen molar-refractivity contribution in [1.29, 1.82) is 0 Å². The third-order valence-electron chi connectivity index (χ3n) is 7.55. The van der Waals surface area contributed by atoms with Crippen LogP contribution in [0.3, 0.4) is 0 Å². The maximum atomic E-state index is 11.7. The lowest BCUT2D eigenvalue weighted by molar-refractivity contribution is -0.131. The number of carbonyl (C=O) groups is 1. The average Bonchev–Trinajstić information content (AvgIpc) is 3.48. The smallest absolute Gasteiger partial charge is 0.328 e. The van der Waals surface area contributed by atoms with Gasteiger partial charge in [-0.2, -0.15) is 0 Å². The monoisotopic (exact) mass is 560 g/mol.